The molecule has 1 aliphatic rings. The zero-order valence-corrected chi connectivity index (χ0v) is 16.0. The molecule has 1 aliphatic heterocycles. The average molecular weight is 413 g/mol. The Bertz CT molecular complexity index is 758. The van der Waals surface area contributed by atoms with Crippen LogP contribution in [0.2, 0.25) is 0 Å². The largest absolute Gasteiger partial charge is 0.573 e. The molecule has 0 aliphatic carbocycles. The predicted molar refractivity (Wildman–Crippen MR) is 99.4 cm³/mol. The number of carbonyl (C=O) groups is 1. The molecule has 0 saturated carbocycles. The first kappa shape index (κ1) is 21.2. The minimum atomic E-state index is -4.74. The SMILES string of the molecule is O=C(C[NH2+]C[C@H](c1ccco1)[NH+]1CCCCC1)Nc1ccc(OC(F)(F)F)cc1. The number of furan rings is 1. The minimum absolute atomic E-state index is 0.192. The van der Waals surface area contributed by atoms with Gasteiger partial charge in [0.2, 0.25) is 0 Å². The lowest BCUT2D eigenvalue weighted by Gasteiger charge is -2.29. The number of nitrogens with two attached hydrogens (primary N) is 1. The van der Waals surface area contributed by atoms with E-state index in [9.17, 15) is 18.0 Å². The van der Waals surface area contributed by atoms with Gasteiger partial charge in [-0.25, -0.2) is 0 Å². The van der Waals surface area contributed by atoms with Gasteiger partial charge in [-0.15, -0.1) is 13.2 Å². The van der Waals surface area contributed by atoms with Gasteiger partial charge in [0, 0.05) is 5.69 Å². The van der Waals surface area contributed by atoms with E-state index in [2.05, 4.69) is 10.1 Å². The number of hydrogen-bond donors (Lipinski definition) is 3. The van der Waals surface area contributed by atoms with E-state index < -0.39 is 6.36 Å². The third-order valence-corrected chi connectivity index (χ3v) is 4.98. The van der Waals surface area contributed by atoms with Crippen LogP contribution in [0.4, 0.5) is 18.9 Å². The molecule has 6 nitrogen and oxygen atoms in total. The van der Waals surface area contributed by atoms with Gasteiger partial charge in [-0.05, 0) is 55.7 Å². The predicted octanol–water partition coefficient (Wildman–Crippen LogP) is 1.49. The molecule has 0 spiro atoms. The number of hydrogen-bond acceptors (Lipinski definition) is 3. The number of alkyl halides is 3. The van der Waals surface area contributed by atoms with Crippen molar-refractivity contribution >= 4 is 11.6 Å². The Kier molecular flexibility index (Phi) is 7.16. The van der Waals surface area contributed by atoms with Crippen molar-refractivity contribution in [3.8, 4) is 5.75 Å². The van der Waals surface area contributed by atoms with Crippen LogP contribution in [0.1, 0.15) is 31.1 Å². The molecule has 0 unspecified atom stereocenters. The first-order valence-corrected chi connectivity index (χ1v) is 9.76. The number of quaternary nitrogens is 2. The van der Waals surface area contributed by atoms with Crippen LogP contribution in [0.5, 0.6) is 5.75 Å². The fourth-order valence-electron chi connectivity index (χ4n) is 3.66. The maximum Gasteiger partial charge on any atom is 0.573 e. The molecule has 1 amide bonds. The van der Waals surface area contributed by atoms with Crippen molar-refractivity contribution in [3.05, 3.63) is 48.4 Å². The lowest BCUT2D eigenvalue weighted by molar-refractivity contribution is -0.949. The standard InChI is InChI=1S/C20H24F3N3O3/c21-20(22,23)29-16-8-6-15(7-9-16)25-19(27)14-24-13-17(18-5-4-12-28-18)26-10-2-1-3-11-26/h4-9,12,17,24H,1-3,10-11,13-14H2,(H,25,27)/p+2/t17-/m1/s1. The molecule has 1 atom stereocenters. The zero-order valence-electron chi connectivity index (χ0n) is 16.0. The molecule has 4 N–H and O–H groups in total. The van der Waals surface area contributed by atoms with Gasteiger partial charge < -0.3 is 24.7 Å². The number of ether oxygens (including phenoxy) is 1. The van der Waals surface area contributed by atoms with Gasteiger partial charge in [-0.3, -0.25) is 4.79 Å². The molecule has 0 radical (unpaired) electrons. The van der Waals surface area contributed by atoms with E-state index in [4.69, 9.17) is 4.42 Å². The Morgan fingerprint density at radius 1 is 1.17 bits per heavy atom. The van der Waals surface area contributed by atoms with E-state index in [1.807, 2.05) is 17.4 Å². The van der Waals surface area contributed by atoms with E-state index in [1.54, 1.807) is 6.26 Å². The van der Waals surface area contributed by atoms with Gasteiger partial charge in [-0.1, -0.05) is 0 Å². The number of nitrogens with one attached hydrogen (secondary N) is 2. The summed E-state index contributed by atoms with van der Waals surface area (Å²) in [7, 11) is 0. The van der Waals surface area contributed by atoms with Gasteiger partial charge in [0.1, 0.15) is 12.3 Å². The second-order valence-electron chi connectivity index (χ2n) is 7.14. The van der Waals surface area contributed by atoms with Gasteiger partial charge in [0.05, 0.1) is 19.4 Å². The number of benzene rings is 1. The third-order valence-electron chi connectivity index (χ3n) is 4.98. The Hall–Kier alpha value is -2.52. The Morgan fingerprint density at radius 3 is 2.52 bits per heavy atom. The molecule has 29 heavy (non-hydrogen) atoms. The number of piperidine rings is 1. The van der Waals surface area contributed by atoms with Crippen LogP contribution < -0.4 is 20.3 Å². The summed E-state index contributed by atoms with van der Waals surface area (Å²) in [5.74, 6) is 0.382. The summed E-state index contributed by atoms with van der Waals surface area (Å²) >= 11 is 0. The lowest BCUT2D eigenvalue weighted by atomic mass is 10.1. The van der Waals surface area contributed by atoms with Gasteiger partial charge >= 0.3 is 6.36 Å². The summed E-state index contributed by atoms with van der Waals surface area (Å²) in [5.41, 5.74) is 0.419. The van der Waals surface area contributed by atoms with Crippen LogP contribution in [0.25, 0.3) is 0 Å². The van der Waals surface area contributed by atoms with Crippen molar-refractivity contribution in [2.75, 3.05) is 31.5 Å². The van der Waals surface area contributed by atoms with Crippen molar-refractivity contribution < 1.29 is 37.3 Å². The van der Waals surface area contributed by atoms with Crippen LogP contribution in [0, 0.1) is 0 Å². The Labute approximate surface area is 167 Å². The zero-order chi connectivity index (χ0) is 20.7. The third kappa shape index (κ3) is 6.79. The fourth-order valence-corrected chi connectivity index (χ4v) is 3.66. The normalized spacial score (nSPS) is 16.4. The molecular weight excluding hydrogens is 387 g/mol. The topological polar surface area (TPSA) is 72.5 Å². The van der Waals surface area contributed by atoms with Crippen molar-refractivity contribution in [2.24, 2.45) is 0 Å². The highest BCUT2D eigenvalue weighted by Gasteiger charge is 2.31. The molecule has 1 fully saturated rings. The summed E-state index contributed by atoms with van der Waals surface area (Å²) in [4.78, 5) is 13.7. The maximum absolute atomic E-state index is 12.2. The highest BCUT2D eigenvalue weighted by molar-refractivity contribution is 5.91. The van der Waals surface area contributed by atoms with Crippen LogP contribution in [0.3, 0.4) is 0 Å². The molecule has 158 valence electrons. The fraction of sp³-hybridized carbons (Fsp3) is 0.450. The van der Waals surface area contributed by atoms with Crippen molar-refractivity contribution in [1.29, 1.82) is 0 Å². The molecule has 0 bridgehead atoms. The summed E-state index contributed by atoms with van der Waals surface area (Å²) in [6, 6.07) is 9.14. The molecular formula is C20H26F3N3O3+2. The Balaban J connectivity index is 1.48. The van der Waals surface area contributed by atoms with E-state index in [0.29, 0.717) is 12.2 Å². The minimum Gasteiger partial charge on any atom is -0.463 e. The molecule has 1 saturated heterocycles. The van der Waals surface area contributed by atoms with Gasteiger partial charge in [0.15, 0.2) is 18.3 Å². The van der Waals surface area contributed by atoms with Crippen LogP contribution in [-0.2, 0) is 4.79 Å². The summed E-state index contributed by atoms with van der Waals surface area (Å²) in [6.45, 7) is 3.12. The number of anilines is 1. The monoisotopic (exact) mass is 413 g/mol. The van der Waals surface area contributed by atoms with Crippen molar-refractivity contribution in [2.45, 2.75) is 31.7 Å². The molecule has 3 rings (SSSR count). The molecule has 2 aromatic rings. The Morgan fingerprint density at radius 2 is 1.90 bits per heavy atom. The number of carbonyl (C=O) groups excluding carboxylic acids is 1. The van der Waals surface area contributed by atoms with E-state index >= 15 is 0 Å². The molecule has 1 aromatic heterocycles. The number of amides is 1. The van der Waals surface area contributed by atoms with Crippen molar-refractivity contribution in [3.63, 3.8) is 0 Å². The summed E-state index contributed by atoms with van der Waals surface area (Å²) in [6.07, 6.45) is 0.584. The van der Waals surface area contributed by atoms with Crippen LogP contribution >= 0.6 is 0 Å². The van der Waals surface area contributed by atoms with Gasteiger partial charge in [0.25, 0.3) is 5.91 Å². The first-order valence-electron chi connectivity index (χ1n) is 9.76. The van der Waals surface area contributed by atoms with Crippen molar-refractivity contribution in [1.82, 2.24) is 0 Å². The van der Waals surface area contributed by atoms with E-state index in [-0.39, 0.29) is 24.2 Å². The highest BCUT2D eigenvalue weighted by Crippen LogP contribution is 2.23. The van der Waals surface area contributed by atoms with Crippen LogP contribution in [-0.4, -0.2) is 38.4 Å². The van der Waals surface area contributed by atoms with E-state index in [0.717, 1.165) is 18.8 Å². The number of likely N-dealkylation sites (tertiary alicyclic amines) is 1. The highest BCUT2D eigenvalue weighted by atomic mass is 19.4. The summed E-state index contributed by atoms with van der Waals surface area (Å²) < 4.78 is 46.0. The molecule has 1 aromatic carbocycles. The number of rotatable bonds is 8. The lowest BCUT2D eigenvalue weighted by Crippen LogP contribution is -3.15. The second kappa shape index (κ2) is 9.80. The first-order chi connectivity index (χ1) is 13.9. The average Bonchev–Trinajstić information content (AvgIpc) is 3.21. The van der Waals surface area contributed by atoms with E-state index in [1.165, 1.54) is 48.4 Å². The quantitative estimate of drug-likeness (QED) is 0.614. The van der Waals surface area contributed by atoms with Crippen LogP contribution in [0.15, 0.2) is 47.1 Å². The smallest absolute Gasteiger partial charge is 0.463 e. The second-order valence-corrected chi connectivity index (χ2v) is 7.14. The van der Waals surface area contributed by atoms with Gasteiger partial charge in [-0.2, -0.15) is 0 Å². The molecule has 9 heteroatoms. The summed E-state index contributed by atoms with van der Waals surface area (Å²) in [5, 5.41) is 4.62. The molecule has 2 heterocycles. The maximum atomic E-state index is 12.2. The number of halogens is 3.